The molecule has 0 aliphatic heterocycles. The number of benzene rings is 2. The topological polar surface area (TPSA) is 114 Å². The average Bonchev–Trinajstić information content (AvgIpc) is 3.34. The molecular weight excluding hydrogens is 597 g/mol. The third kappa shape index (κ3) is 4.02. The van der Waals surface area contributed by atoms with Gasteiger partial charge in [0.15, 0.2) is 0 Å². The second-order valence-electron chi connectivity index (χ2n) is 11.8. The maximum absolute atomic E-state index is 15.9. The third-order valence-electron chi connectivity index (χ3n) is 9.32. The molecule has 3 aliphatic rings. The summed E-state index contributed by atoms with van der Waals surface area (Å²) in [5.74, 6) is -10.4. The molecule has 4 N–H and O–H groups in total. The van der Waals surface area contributed by atoms with E-state index in [9.17, 15) is 28.2 Å². The van der Waals surface area contributed by atoms with E-state index >= 15 is 17.6 Å². The number of aliphatic hydroxyl groups is 1. The molecule has 0 amide bonds. The lowest BCUT2D eigenvalue weighted by Gasteiger charge is -2.57. The van der Waals surface area contributed by atoms with E-state index < -0.39 is 77.5 Å². The largest absolute Gasteiger partial charge is 0.481 e. The Morgan fingerprint density at radius 3 is 2.20 bits per heavy atom. The number of carboxylic acid groups (broad SMARTS) is 1. The van der Waals surface area contributed by atoms with Crippen molar-refractivity contribution in [2.75, 3.05) is 5.73 Å². The van der Waals surface area contributed by atoms with E-state index in [1.807, 2.05) is 0 Å². The van der Waals surface area contributed by atoms with Gasteiger partial charge in [-0.05, 0) is 43.0 Å². The number of carboxylic acids is 1. The molecule has 4 aromatic rings. The van der Waals surface area contributed by atoms with Gasteiger partial charge in [0.05, 0.1) is 11.0 Å². The summed E-state index contributed by atoms with van der Waals surface area (Å²) in [6, 6.07) is 9.93. The predicted octanol–water partition coefficient (Wildman–Crippen LogP) is 6.42. The number of imidazole rings is 1. The number of aliphatic carboxylic acids is 1. The number of halogens is 7. The van der Waals surface area contributed by atoms with Crippen LogP contribution in [0.5, 0.6) is 0 Å². The molecule has 2 aromatic heterocycles. The van der Waals surface area contributed by atoms with E-state index in [0.29, 0.717) is 0 Å². The van der Waals surface area contributed by atoms with Crippen LogP contribution in [0.4, 0.5) is 36.6 Å². The summed E-state index contributed by atoms with van der Waals surface area (Å²) in [6.07, 6.45) is -6.43. The Kier molecular flexibility index (Phi) is 6.21. The van der Waals surface area contributed by atoms with E-state index in [4.69, 9.17) is 5.73 Å². The summed E-state index contributed by atoms with van der Waals surface area (Å²) in [4.78, 5) is 20.3. The van der Waals surface area contributed by atoms with E-state index in [-0.39, 0.29) is 33.7 Å². The van der Waals surface area contributed by atoms with Crippen molar-refractivity contribution < 1.29 is 45.7 Å². The summed E-state index contributed by atoms with van der Waals surface area (Å²) >= 11 is 0. The van der Waals surface area contributed by atoms with Gasteiger partial charge in [0.1, 0.15) is 33.9 Å². The average molecular weight is 623 g/mol. The molecule has 3 fully saturated rings. The fourth-order valence-electron chi connectivity index (χ4n) is 6.74. The van der Waals surface area contributed by atoms with Gasteiger partial charge in [-0.3, -0.25) is 9.20 Å². The highest BCUT2D eigenvalue weighted by Gasteiger charge is 2.79. The van der Waals surface area contributed by atoms with Crippen molar-refractivity contribution in [1.29, 1.82) is 0 Å². The number of carbonyl (C=O) groups is 1. The molecule has 3 atom stereocenters. The summed E-state index contributed by atoms with van der Waals surface area (Å²) < 4.78 is 104. The number of nitrogen functional groups attached to an aromatic ring is 1. The normalized spacial score (nSPS) is 25.6. The van der Waals surface area contributed by atoms with Crippen molar-refractivity contribution in [2.45, 2.75) is 61.6 Å². The molecule has 0 saturated heterocycles. The summed E-state index contributed by atoms with van der Waals surface area (Å²) in [6.45, 7) is 1.31. The molecule has 2 bridgehead atoms. The zero-order valence-electron chi connectivity index (χ0n) is 23.0. The smallest absolute Gasteiger partial charge is 0.416 e. The van der Waals surface area contributed by atoms with Crippen LogP contribution in [0.25, 0.3) is 16.8 Å². The molecule has 2 aromatic carbocycles. The fraction of sp³-hybridized carbons (Fsp3) is 0.367. The molecule has 14 heteroatoms. The van der Waals surface area contributed by atoms with Crippen LogP contribution in [0.3, 0.4) is 0 Å². The van der Waals surface area contributed by atoms with Crippen LogP contribution < -0.4 is 5.73 Å². The first-order valence-electron chi connectivity index (χ1n) is 13.5. The maximum Gasteiger partial charge on any atom is 0.416 e. The molecule has 3 saturated carbocycles. The van der Waals surface area contributed by atoms with Gasteiger partial charge in [-0.2, -0.15) is 13.2 Å². The first kappa shape index (κ1) is 29.9. The van der Waals surface area contributed by atoms with Gasteiger partial charge >= 0.3 is 12.1 Å². The van der Waals surface area contributed by atoms with Crippen LogP contribution in [0.2, 0.25) is 0 Å². The van der Waals surface area contributed by atoms with E-state index in [1.165, 1.54) is 60.1 Å². The highest BCUT2D eigenvalue weighted by Crippen LogP contribution is 2.69. The lowest BCUT2D eigenvalue weighted by Crippen LogP contribution is -2.69. The van der Waals surface area contributed by atoms with E-state index in [0.717, 1.165) is 12.1 Å². The molecule has 7 rings (SSSR count). The molecule has 0 spiro atoms. The highest BCUT2D eigenvalue weighted by molar-refractivity contribution is 5.86. The summed E-state index contributed by atoms with van der Waals surface area (Å²) in [5.41, 5.74) is -1.60. The van der Waals surface area contributed by atoms with E-state index in [1.54, 1.807) is 0 Å². The second kappa shape index (κ2) is 9.16. The zero-order valence-corrected chi connectivity index (χ0v) is 23.0. The van der Waals surface area contributed by atoms with Gasteiger partial charge in [0.2, 0.25) is 0 Å². The minimum absolute atomic E-state index is 0.0185. The van der Waals surface area contributed by atoms with Crippen LogP contribution in [0.15, 0.2) is 60.9 Å². The number of alkyl halides is 7. The molecule has 3 unspecified atom stereocenters. The Morgan fingerprint density at radius 1 is 0.955 bits per heavy atom. The number of aromatic nitrogens is 3. The lowest BCUT2D eigenvalue weighted by atomic mass is 9.49. The SMILES string of the molecule is CC(O)(c1ccc(-c2nc(C34CCC(C(=O)O)(CC3(F)F)C(F)(F)C4)n3ccnc(N)c23)cc1)c1cccc(C(F)(F)F)c1. The van der Waals surface area contributed by atoms with Gasteiger partial charge in [-0.15, -0.1) is 0 Å². The highest BCUT2D eigenvalue weighted by atomic mass is 19.4. The number of hydrogen-bond acceptors (Lipinski definition) is 5. The zero-order chi connectivity index (χ0) is 32.1. The molecular formula is C30H25F7N4O3. The summed E-state index contributed by atoms with van der Waals surface area (Å²) in [5, 5.41) is 20.8. The van der Waals surface area contributed by atoms with Crippen molar-refractivity contribution in [3.8, 4) is 11.3 Å². The number of fused-ring (bicyclic) bond motifs is 4. The van der Waals surface area contributed by atoms with Crippen LogP contribution >= 0.6 is 0 Å². The van der Waals surface area contributed by atoms with Crippen molar-refractivity contribution in [2.24, 2.45) is 5.41 Å². The molecule has 2 heterocycles. The van der Waals surface area contributed by atoms with Crippen LogP contribution in [0.1, 0.15) is 55.1 Å². The standard InChI is InChI=1S/C30H25F7N4O3/c1-25(44,18-3-2-4-19(13-18)30(35,36)37)17-7-5-16(6-8-17)20-21-22(38)39-11-12-41(21)23(40-20)26-9-10-27(24(42)43,15-28(26,31)32)29(33,34)14-26/h2-8,11-13,44H,9-10,14-15H2,1H3,(H2,38,39)(H,42,43). The van der Waals surface area contributed by atoms with Gasteiger partial charge < -0.3 is 15.9 Å². The number of nitrogens with zero attached hydrogens (tertiary/aromatic N) is 3. The van der Waals surface area contributed by atoms with Gasteiger partial charge in [-0.1, -0.05) is 36.4 Å². The third-order valence-corrected chi connectivity index (χ3v) is 9.32. The van der Waals surface area contributed by atoms with Gasteiger partial charge in [0, 0.05) is 30.8 Å². The van der Waals surface area contributed by atoms with Crippen molar-refractivity contribution in [3.63, 3.8) is 0 Å². The molecule has 3 aliphatic carbocycles. The molecule has 232 valence electrons. The van der Waals surface area contributed by atoms with Crippen LogP contribution in [-0.2, 0) is 22.0 Å². The van der Waals surface area contributed by atoms with E-state index in [2.05, 4.69) is 9.97 Å². The quantitative estimate of drug-likeness (QED) is 0.222. The Labute approximate surface area is 245 Å². The first-order chi connectivity index (χ1) is 20.4. The van der Waals surface area contributed by atoms with Crippen molar-refractivity contribution in [1.82, 2.24) is 14.4 Å². The first-order valence-corrected chi connectivity index (χ1v) is 13.5. The van der Waals surface area contributed by atoms with Crippen molar-refractivity contribution in [3.05, 3.63) is 83.4 Å². The molecule has 44 heavy (non-hydrogen) atoms. The molecule has 7 nitrogen and oxygen atoms in total. The van der Waals surface area contributed by atoms with Gasteiger partial charge in [-0.25, -0.2) is 27.5 Å². The van der Waals surface area contributed by atoms with Gasteiger partial charge in [0.25, 0.3) is 11.8 Å². The second-order valence-corrected chi connectivity index (χ2v) is 11.8. The van der Waals surface area contributed by atoms with Crippen molar-refractivity contribution >= 4 is 17.3 Å². The minimum atomic E-state index is -4.63. The van der Waals surface area contributed by atoms with Crippen LogP contribution in [-0.4, -0.2) is 42.4 Å². The van der Waals surface area contributed by atoms with Crippen LogP contribution in [0, 0.1) is 5.41 Å². The number of rotatable bonds is 5. The fourth-order valence-corrected chi connectivity index (χ4v) is 6.74. The minimum Gasteiger partial charge on any atom is -0.481 e. The molecule has 0 radical (unpaired) electrons. The number of anilines is 1. The predicted molar refractivity (Wildman–Crippen MR) is 143 cm³/mol. The monoisotopic (exact) mass is 622 g/mol. The number of hydrogen-bond donors (Lipinski definition) is 3. The Bertz CT molecular complexity index is 1800. The Balaban J connectivity index is 1.46. The Hall–Kier alpha value is -4.20. The maximum atomic E-state index is 15.9. The lowest BCUT2D eigenvalue weighted by molar-refractivity contribution is -0.282. The number of nitrogens with two attached hydrogens (primary N) is 1. The summed E-state index contributed by atoms with van der Waals surface area (Å²) in [7, 11) is 0. The Morgan fingerprint density at radius 2 is 1.61 bits per heavy atom.